The number of carbonyl (C=O) groups is 1. The van der Waals surface area contributed by atoms with Crippen LogP contribution in [0.3, 0.4) is 0 Å². The van der Waals surface area contributed by atoms with Gasteiger partial charge in [0.2, 0.25) is 15.9 Å². The van der Waals surface area contributed by atoms with Gasteiger partial charge in [-0.3, -0.25) is 4.79 Å². The van der Waals surface area contributed by atoms with Crippen LogP contribution in [0.25, 0.3) is 5.69 Å². The SMILES string of the molecule is NS(=O)(=O)c1cc(NC(=O)Cc2ccc(F)cc2Cl)ccc1-n1cc(C(F)(F)F)cn1. The molecule has 0 spiro atoms. The fraction of sp³-hybridized carbons (Fsp3) is 0.111. The van der Waals surface area contributed by atoms with Crippen molar-refractivity contribution in [3.63, 3.8) is 0 Å². The maximum Gasteiger partial charge on any atom is 0.419 e. The molecule has 2 aromatic carbocycles. The fourth-order valence-corrected chi connectivity index (χ4v) is 3.63. The van der Waals surface area contributed by atoms with Crippen molar-refractivity contribution in [1.82, 2.24) is 9.78 Å². The zero-order valence-electron chi connectivity index (χ0n) is 15.3. The quantitative estimate of drug-likeness (QED) is 0.549. The van der Waals surface area contributed by atoms with Crippen LogP contribution in [-0.2, 0) is 27.4 Å². The minimum atomic E-state index is -4.67. The summed E-state index contributed by atoms with van der Waals surface area (Å²) in [6, 6.07) is 6.89. The van der Waals surface area contributed by atoms with E-state index in [2.05, 4.69) is 10.4 Å². The molecule has 7 nitrogen and oxygen atoms in total. The van der Waals surface area contributed by atoms with E-state index in [0.29, 0.717) is 22.6 Å². The zero-order valence-corrected chi connectivity index (χ0v) is 16.9. The van der Waals surface area contributed by atoms with Gasteiger partial charge in [0.1, 0.15) is 10.7 Å². The smallest absolute Gasteiger partial charge is 0.326 e. The van der Waals surface area contributed by atoms with Gasteiger partial charge in [0, 0.05) is 16.9 Å². The Morgan fingerprint density at radius 1 is 1.19 bits per heavy atom. The molecule has 0 aliphatic heterocycles. The van der Waals surface area contributed by atoms with Crippen molar-refractivity contribution in [2.45, 2.75) is 17.5 Å². The number of benzene rings is 2. The molecular formula is C18H13ClF4N4O3S. The molecule has 0 fully saturated rings. The van der Waals surface area contributed by atoms with E-state index in [4.69, 9.17) is 16.7 Å². The van der Waals surface area contributed by atoms with Gasteiger partial charge >= 0.3 is 6.18 Å². The highest BCUT2D eigenvalue weighted by Crippen LogP contribution is 2.30. The van der Waals surface area contributed by atoms with E-state index in [9.17, 15) is 30.8 Å². The van der Waals surface area contributed by atoms with E-state index in [1.54, 1.807) is 0 Å². The van der Waals surface area contributed by atoms with Crippen molar-refractivity contribution in [3.05, 3.63) is 70.8 Å². The van der Waals surface area contributed by atoms with Gasteiger partial charge in [0.15, 0.2) is 0 Å². The summed E-state index contributed by atoms with van der Waals surface area (Å²) < 4.78 is 76.2. The molecule has 0 aliphatic carbocycles. The summed E-state index contributed by atoms with van der Waals surface area (Å²) in [4.78, 5) is 11.7. The van der Waals surface area contributed by atoms with Gasteiger partial charge in [-0.05, 0) is 35.9 Å². The molecule has 164 valence electrons. The first-order chi connectivity index (χ1) is 14.3. The predicted octanol–water partition coefficient (Wildman–Crippen LogP) is 3.51. The molecule has 0 atom stereocenters. The number of aromatic nitrogens is 2. The fourth-order valence-electron chi connectivity index (χ4n) is 2.65. The monoisotopic (exact) mass is 476 g/mol. The van der Waals surface area contributed by atoms with Crippen molar-refractivity contribution in [1.29, 1.82) is 0 Å². The third kappa shape index (κ3) is 5.40. The Labute approximate surface area is 178 Å². The summed E-state index contributed by atoms with van der Waals surface area (Å²) in [6.45, 7) is 0. The topological polar surface area (TPSA) is 107 Å². The Morgan fingerprint density at radius 2 is 1.90 bits per heavy atom. The standard InChI is InChI=1S/C18H13ClF4N4O3S/c19-14-6-12(20)2-1-10(14)5-17(28)26-13-3-4-15(16(7-13)31(24,29)30)27-9-11(8-25-27)18(21,22)23/h1-4,6-9H,5H2,(H,26,28)(H2,24,29,30). The van der Waals surface area contributed by atoms with Crippen LogP contribution in [0.2, 0.25) is 5.02 Å². The van der Waals surface area contributed by atoms with Gasteiger partial charge < -0.3 is 5.32 Å². The number of hydrogen-bond acceptors (Lipinski definition) is 4. The lowest BCUT2D eigenvalue weighted by atomic mass is 10.1. The summed E-state index contributed by atoms with van der Waals surface area (Å²) in [5, 5.41) is 11.2. The Morgan fingerprint density at radius 3 is 2.48 bits per heavy atom. The van der Waals surface area contributed by atoms with E-state index in [0.717, 1.165) is 24.3 Å². The van der Waals surface area contributed by atoms with Crippen LogP contribution in [0.1, 0.15) is 11.1 Å². The van der Waals surface area contributed by atoms with E-state index in [-0.39, 0.29) is 22.8 Å². The minimum absolute atomic E-state index is 0.0132. The molecule has 1 amide bonds. The normalized spacial score (nSPS) is 12.1. The lowest BCUT2D eigenvalue weighted by Crippen LogP contribution is -2.18. The highest BCUT2D eigenvalue weighted by molar-refractivity contribution is 7.89. The molecule has 0 bridgehead atoms. The highest BCUT2D eigenvalue weighted by atomic mass is 35.5. The number of anilines is 1. The van der Waals surface area contributed by atoms with Gasteiger partial charge in [-0.15, -0.1) is 0 Å². The van der Waals surface area contributed by atoms with Crippen LogP contribution in [0.5, 0.6) is 0 Å². The molecule has 0 aliphatic rings. The zero-order chi connectivity index (χ0) is 23.0. The Balaban J connectivity index is 1.89. The van der Waals surface area contributed by atoms with E-state index in [1.807, 2.05) is 0 Å². The average molecular weight is 477 g/mol. The highest BCUT2D eigenvalue weighted by Gasteiger charge is 2.32. The van der Waals surface area contributed by atoms with Crippen LogP contribution < -0.4 is 10.5 Å². The predicted molar refractivity (Wildman–Crippen MR) is 104 cm³/mol. The number of nitrogens with zero attached hydrogens (tertiary/aromatic N) is 2. The number of nitrogens with one attached hydrogen (secondary N) is 1. The number of alkyl halides is 3. The molecule has 13 heteroatoms. The van der Waals surface area contributed by atoms with E-state index in [1.165, 1.54) is 12.1 Å². The first-order valence-corrected chi connectivity index (χ1v) is 10.3. The van der Waals surface area contributed by atoms with Crippen molar-refractivity contribution in [2.75, 3.05) is 5.32 Å². The maximum atomic E-state index is 13.1. The lowest BCUT2D eigenvalue weighted by Gasteiger charge is -2.12. The third-order valence-corrected chi connectivity index (χ3v) is 5.36. The molecule has 3 aromatic rings. The van der Waals surface area contributed by atoms with Crippen molar-refractivity contribution >= 4 is 33.2 Å². The largest absolute Gasteiger partial charge is 0.419 e. The Kier molecular flexibility index (Phi) is 6.07. The number of halogens is 5. The second-order valence-corrected chi connectivity index (χ2v) is 8.30. The maximum absolute atomic E-state index is 13.1. The van der Waals surface area contributed by atoms with Gasteiger partial charge in [0.25, 0.3) is 0 Å². The van der Waals surface area contributed by atoms with Crippen LogP contribution in [-0.4, -0.2) is 24.1 Å². The number of amides is 1. The Hall–Kier alpha value is -2.96. The second kappa shape index (κ2) is 8.29. The second-order valence-electron chi connectivity index (χ2n) is 6.36. The molecule has 0 unspecified atom stereocenters. The number of carbonyl (C=O) groups excluding carboxylic acids is 1. The summed E-state index contributed by atoms with van der Waals surface area (Å²) in [5.41, 5.74) is -0.974. The van der Waals surface area contributed by atoms with Gasteiger partial charge in [0.05, 0.1) is 23.9 Å². The summed E-state index contributed by atoms with van der Waals surface area (Å²) in [7, 11) is -4.39. The number of sulfonamides is 1. The van der Waals surface area contributed by atoms with Crippen molar-refractivity contribution in [2.24, 2.45) is 5.14 Å². The van der Waals surface area contributed by atoms with Gasteiger partial charge in [-0.2, -0.15) is 18.3 Å². The van der Waals surface area contributed by atoms with E-state index < -0.39 is 38.4 Å². The molecule has 0 saturated carbocycles. The van der Waals surface area contributed by atoms with Crippen molar-refractivity contribution < 1.29 is 30.8 Å². The summed E-state index contributed by atoms with van der Waals surface area (Å²) in [6.07, 6.45) is -3.76. The first-order valence-electron chi connectivity index (χ1n) is 8.37. The van der Waals surface area contributed by atoms with Gasteiger partial charge in [-0.1, -0.05) is 17.7 Å². The first kappa shape index (κ1) is 22.7. The van der Waals surface area contributed by atoms with Crippen LogP contribution in [0.15, 0.2) is 53.7 Å². The molecule has 0 radical (unpaired) electrons. The molecule has 3 N–H and O–H groups in total. The molecule has 31 heavy (non-hydrogen) atoms. The molecule has 3 rings (SSSR count). The summed E-state index contributed by atoms with van der Waals surface area (Å²) in [5.74, 6) is -1.17. The third-order valence-electron chi connectivity index (χ3n) is 4.07. The van der Waals surface area contributed by atoms with Crippen LogP contribution >= 0.6 is 11.6 Å². The summed E-state index contributed by atoms with van der Waals surface area (Å²) >= 11 is 5.88. The minimum Gasteiger partial charge on any atom is -0.326 e. The number of hydrogen-bond donors (Lipinski definition) is 2. The van der Waals surface area contributed by atoms with Crippen molar-refractivity contribution in [3.8, 4) is 5.69 Å². The molecule has 1 aromatic heterocycles. The Bertz CT molecular complexity index is 1260. The lowest BCUT2D eigenvalue weighted by molar-refractivity contribution is -0.137. The molecule has 1 heterocycles. The van der Waals surface area contributed by atoms with Crippen LogP contribution in [0.4, 0.5) is 23.2 Å². The van der Waals surface area contributed by atoms with E-state index >= 15 is 0 Å². The van der Waals surface area contributed by atoms with Gasteiger partial charge in [-0.25, -0.2) is 22.6 Å². The van der Waals surface area contributed by atoms with Crippen LogP contribution in [0, 0.1) is 5.82 Å². The molecular weight excluding hydrogens is 464 g/mol. The average Bonchev–Trinajstić information content (AvgIpc) is 3.14. The number of rotatable bonds is 5. The number of primary sulfonamides is 1. The molecule has 0 saturated heterocycles. The number of nitrogens with two attached hydrogens (primary N) is 1.